The summed E-state index contributed by atoms with van der Waals surface area (Å²) in [5, 5.41) is 20.2. The van der Waals surface area contributed by atoms with Crippen LogP contribution in [0.15, 0.2) is 74.5 Å². The summed E-state index contributed by atoms with van der Waals surface area (Å²) in [7, 11) is 0. The van der Waals surface area contributed by atoms with Crippen molar-refractivity contribution in [1.82, 2.24) is 16.0 Å². The maximum absolute atomic E-state index is 10.3. The van der Waals surface area contributed by atoms with Gasteiger partial charge in [0.2, 0.25) is 0 Å². The highest BCUT2D eigenvalue weighted by Gasteiger charge is 2.36. The third-order valence-corrected chi connectivity index (χ3v) is 3.24. The second-order valence-corrected chi connectivity index (χ2v) is 4.75. The van der Waals surface area contributed by atoms with E-state index < -0.39 is 5.66 Å². The Bertz CT molecular complexity index is 525. The second kappa shape index (κ2) is 8.87. The molecule has 0 aliphatic rings. The van der Waals surface area contributed by atoms with Gasteiger partial charge in [-0.05, 0) is 6.07 Å². The van der Waals surface area contributed by atoms with Crippen LogP contribution in [0.5, 0.6) is 5.75 Å². The molecule has 22 heavy (non-hydrogen) atoms. The lowest BCUT2D eigenvalue weighted by atomic mass is 9.94. The number of hydrogen-bond acceptors (Lipinski definition) is 4. The largest absolute Gasteiger partial charge is 0.508 e. The molecule has 0 fully saturated rings. The van der Waals surface area contributed by atoms with Crippen LogP contribution in [0.2, 0.25) is 0 Å². The molecule has 1 aromatic rings. The van der Waals surface area contributed by atoms with Crippen LogP contribution in [0.4, 0.5) is 0 Å². The highest BCUT2D eigenvalue weighted by molar-refractivity contribution is 5.43. The van der Waals surface area contributed by atoms with Gasteiger partial charge in [-0.25, -0.2) is 0 Å². The second-order valence-electron chi connectivity index (χ2n) is 4.75. The van der Waals surface area contributed by atoms with Gasteiger partial charge in [-0.1, -0.05) is 43.0 Å². The van der Waals surface area contributed by atoms with Gasteiger partial charge in [0.15, 0.2) is 0 Å². The molecule has 0 unspecified atom stereocenters. The fourth-order valence-electron chi connectivity index (χ4n) is 2.20. The maximum Gasteiger partial charge on any atom is 0.140 e. The smallest absolute Gasteiger partial charge is 0.140 e. The fraction of sp³-hybridized carbons (Fsp3) is 0.222. The molecule has 0 aliphatic carbocycles. The van der Waals surface area contributed by atoms with Gasteiger partial charge in [0.05, 0.1) is 0 Å². The van der Waals surface area contributed by atoms with E-state index >= 15 is 0 Å². The van der Waals surface area contributed by atoms with Crippen molar-refractivity contribution in [3.8, 4) is 5.75 Å². The molecule has 0 spiro atoms. The summed E-state index contributed by atoms with van der Waals surface area (Å²) in [5.74, 6) is 0.178. The quantitative estimate of drug-likeness (QED) is 0.374. The Hall–Kier alpha value is -2.30. The first-order valence-electron chi connectivity index (χ1n) is 7.16. The van der Waals surface area contributed by atoms with Crippen LogP contribution in [0.1, 0.15) is 5.56 Å². The number of phenols is 1. The number of hydrogen-bond donors (Lipinski definition) is 4. The Morgan fingerprint density at radius 1 is 1.00 bits per heavy atom. The van der Waals surface area contributed by atoms with E-state index in [4.69, 9.17) is 0 Å². The number of rotatable bonds is 11. The van der Waals surface area contributed by atoms with Crippen molar-refractivity contribution >= 4 is 0 Å². The summed E-state index contributed by atoms with van der Waals surface area (Å²) in [6, 6.07) is 7.15. The molecule has 118 valence electrons. The monoisotopic (exact) mass is 299 g/mol. The number of nitrogens with one attached hydrogen (secondary N) is 3. The first-order valence-corrected chi connectivity index (χ1v) is 7.16. The Kier molecular flexibility index (Phi) is 7.16. The lowest BCUT2D eigenvalue weighted by Crippen LogP contribution is -2.58. The van der Waals surface area contributed by atoms with Gasteiger partial charge < -0.3 is 10.4 Å². The number of para-hydroxylation sites is 1. The molecule has 0 aliphatic heterocycles. The lowest BCUT2D eigenvalue weighted by Gasteiger charge is -2.38. The molecule has 0 amide bonds. The first-order chi connectivity index (χ1) is 10.6. The van der Waals surface area contributed by atoms with Crippen molar-refractivity contribution in [2.24, 2.45) is 0 Å². The van der Waals surface area contributed by atoms with E-state index in [0.29, 0.717) is 30.9 Å². The summed E-state index contributed by atoms with van der Waals surface area (Å²) in [6.45, 7) is 17.0. The van der Waals surface area contributed by atoms with Gasteiger partial charge in [0.1, 0.15) is 11.4 Å². The summed E-state index contributed by atoms with van der Waals surface area (Å²) < 4.78 is 0. The third-order valence-electron chi connectivity index (χ3n) is 3.24. The average Bonchev–Trinajstić information content (AvgIpc) is 2.54. The maximum atomic E-state index is 10.3. The van der Waals surface area contributed by atoms with Crippen LogP contribution in [0.3, 0.4) is 0 Å². The third kappa shape index (κ3) is 4.10. The number of benzene rings is 1. The van der Waals surface area contributed by atoms with Gasteiger partial charge in [0.25, 0.3) is 0 Å². The fourth-order valence-corrected chi connectivity index (χ4v) is 2.20. The van der Waals surface area contributed by atoms with Crippen LogP contribution < -0.4 is 16.0 Å². The van der Waals surface area contributed by atoms with E-state index in [1.54, 1.807) is 30.4 Å². The molecule has 0 atom stereocenters. The molecule has 0 aromatic heterocycles. The minimum absolute atomic E-state index is 0.178. The van der Waals surface area contributed by atoms with Gasteiger partial charge >= 0.3 is 0 Å². The van der Waals surface area contributed by atoms with Crippen LogP contribution in [-0.2, 0) is 5.66 Å². The van der Waals surface area contributed by atoms with Crippen LogP contribution in [0, 0.1) is 0 Å². The summed E-state index contributed by atoms with van der Waals surface area (Å²) in [4.78, 5) is 0. The molecule has 0 saturated heterocycles. The molecule has 4 heteroatoms. The molecule has 0 radical (unpaired) electrons. The molecular weight excluding hydrogens is 274 g/mol. The van der Waals surface area contributed by atoms with Crippen molar-refractivity contribution in [1.29, 1.82) is 0 Å². The van der Waals surface area contributed by atoms with Crippen molar-refractivity contribution in [2.75, 3.05) is 19.6 Å². The normalized spacial score (nSPS) is 10.7. The average molecular weight is 299 g/mol. The minimum Gasteiger partial charge on any atom is -0.508 e. The van der Waals surface area contributed by atoms with E-state index in [2.05, 4.69) is 42.3 Å². The molecule has 1 aromatic carbocycles. The van der Waals surface area contributed by atoms with E-state index in [1.807, 2.05) is 12.1 Å². The van der Waals surface area contributed by atoms with Gasteiger partial charge in [-0.2, -0.15) is 0 Å². The predicted octanol–water partition coefficient (Wildman–Crippen LogP) is 2.39. The van der Waals surface area contributed by atoms with E-state index in [0.717, 1.165) is 0 Å². The van der Waals surface area contributed by atoms with E-state index in [1.165, 1.54) is 0 Å². The SMILES string of the molecule is C=CCNC(=C)C(NCC=C)(NCC=C)c1ccccc1O. The number of phenolic OH excluding ortho intramolecular Hbond substituents is 1. The van der Waals surface area contributed by atoms with Gasteiger partial charge in [-0.15, -0.1) is 19.7 Å². The number of aromatic hydroxyl groups is 1. The summed E-state index contributed by atoms with van der Waals surface area (Å²) >= 11 is 0. The Morgan fingerprint density at radius 3 is 2.05 bits per heavy atom. The summed E-state index contributed by atoms with van der Waals surface area (Å²) in [6.07, 6.45) is 5.26. The van der Waals surface area contributed by atoms with E-state index in [-0.39, 0.29) is 5.75 Å². The van der Waals surface area contributed by atoms with Gasteiger partial charge in [0, 0.05) is 30.9 Å². The van der Waals surface area contributed by atoms with Crippen LogP contribution >= 0.6 is 0 Å². The van der Waals surface area contributed by atoms with Crippen molar-refractivity contribution in [3.05, 3.63) is 80.1 Å². The molecule has 0 heterocycles. The zero-order valence-corrected chi connectivity index (χ0v) is 12.9. The zero-order chi connectivity index (χ0) is 16.4. The Morgan fingerprint density at radius 2 is 1.55 bits per heavy atom. The van der Waals surface area contributed by atoms with Gasteiger partial charge in [-0.3, -0.25) is 10.6 Å². The van der Waals surface area contributed by atoms with Crippen molar-refractivity contribution in [2.45, 2.75) is 5.66 Å². The molecular formula is C18H25N3O. The molecule has 4 nitrogen and oxygen atoms in total. The first kappa shape index (κ1) is 17.8. The van der Waals surface area contributed by atoms with Crippen molar-refractivity contribution < 1.29 is 5.11 Å². The molecule has 0 saturated carbocycles. The minimum atomic E-state index is -0.850. The Balaban J connectivity index is 3.32. The predicted molar refractivity (Wildman–Crippen MR) is 93.5 cm³/mol. The van der Waals surface area contributed by atoms with Crippen LogP contribution in [-0.4, -0.2) is 24.7 Å². The molecule has 4 N–H and O–H groups in total. The highest BCUT2D eigenvalue weighted by atomic mass is 16.3. The lowest BCUT2D eigenvalue weighted by molar-refractivity contribution is 0.309. The summed E-state index contributed by atoms with van der Waals surface area (Å²) in [5.41, 5.74) is 0.509. The standard InChI is InChI=1S/C18H25N3O/c1-5-12-19-15(4)18(20-13-6-2,21-14-7-3)16-10-8-9-11-17(16)22/h5-11,19-22H,1-4,12-14H2. The molecule has 0 bridgehead atoms. The zero-order valence-electron chi connectivity index (χ0n) is 12.9. The molecule has 1 rings (SSSR count). The van der Waals surface area contributed by atoms with E-state index in [9.17, 15) is 5.11 Å². The van der Waals surface area contributed by atoms with Crippen molar-refractivity contribution in [3.63, 3.8) is 0 Å². The highest BCUT2D eigenvalue weighted by Crippen LogP contribution is 2.31. The topological polar surface area (TPSA) is 56.3 Å². The van der Waals surface area contributed by atoms with Crippen LogP contribution in [0.25, 0.3) is 0 Å². The Labute approximate surface area is 132 Å².